The van der Waals surface area contributed by atoms with E-state index in [1.54, 1.807) is 0 Å². The van der Waals surface area contributed by atoms with Crippen LogP contribution in [0.25, 0.3) is 11.4 Å². The molecule has 0 aliphatic carbocycles. The van der Waals surface area contributed by atoms with Crippen LogP contribution in [0.5, 0.6) is 0 Å². The molecule has 0 spiro atoms. The number of carbonyl (C=O) groups is 1. The molecule has 0 aliphatic rings. The van der Waals surface area contributed by atoms with Crippen molar-refractivity contribution in [3.05, 3.63) is 77.6 Å². The van der Waals surface area contributed by atoms with E-state index in [1.807, 2.05) is 60.7 Å². The molecule has 0 saturated carbocycles. The summed E-state index contributed by atoms with van der Waals surface area (Å²) < 4.78 is 0. The smallest absolute Gasteiger partial charge is 0.309 e. The fourth-order valence-corrected chi connectivity index (χ4v) is 2.41. The Bertz CT molecular complexity index is 764. The van der Waals surface area contributed by atoms with Crippen LogP contribution < -0.4 is 0 Å². The van der Waals surface area contributed by atoms with Crippen LogP contribution in [0.4, 0.5) is 0 Å². The molecule has 1 heterocycles. The summed E-state index contributed by atoms with van der Waals surface area (Å²) in [6.45, 7) is 0. The van der Waals surface area contributed by atoms with Crippen LogP contribution in [0.3, 0.4) is 0 Å². The zero-order valence-corrected chi connectivity index (χ0v) is 12.0. The molecule has 3 rings (SSSR count). The van der Waals surface area contributed by atoms with Crippen molar-refractivity contribution < 1.29 is 9.90 Å². The van der Waals surface area contributed by atoms with E-state index in [4.69, 9.17) is 5.11 Å². The number of nitrogens with zero attached hydrogens (tertiary/aromatic N) is 1. The minimum absolute atomic E-state index is 0.0779. The fraction of sp³-hybridized carbons (Fsp3) is 0.111. The fourth-order valence-electron chi connectivity index (χ4n) is 2.41. The molecular formula is C18H16N2O2. The Balaban J connectivity index is 1.96. The van der Waals surface area contributed by atoms with Crippen LogP contribution in [0.2, 0.25) is 0 Å². The highest BCUT2D eigenvalue weighted by atomic mass is 16.4. The highest BCUT2D eigenvalue weighted by Gasteiger charge is 2.14. The Morgan fingerprint density at radius 1 is 1.00 bits per heavy atom. The van der Waals surface area contributed by atoms with E-state index in [-0.39, 0.29) is 6.42 Å². The third-order valence-electron chi connectivity index (χ3n) is 3.45. The van der Waals surface area contributed by atoms with Gasteiger partial charge in [0, 0.05) is 17.7 Å². The van der Waals surface area contributed by atoms with Crippen LogP contribution in [0.15, 0.2) is 60.7 Å². The maximum Gasteiger partial charge on any atom is 0.309 e. The van der Waals surface area contributed by atoms with Gasteiger partial charge in [0.2, 0.25) is 0 Å². The lowest BCUT2D eigenvalue weighted by Gasteiger charge is -2.01. The monoisotopic (exact) mass is 292 g/mol. The van der Waals surface area contributed by atoms with Gasteiger partial charge in [0.15, 0.2) is 0 Å². The van der Waals surface area contributed by atoms with E-state index in [1.165, 1.54) is 0 Å². The first-order valence-electron chi connectivity index (χ1n) is 7.11. The normalized spacial score (nSPS) is 10.5. The SMILES string of the molecule is O=C(O)Cc1nc(-c2ccccc2)[nH]c1Cc1ccccc1. The number of carboxylic acids is 1. The molecule has 0 aliphatic heterocycles. The van der Waals surface area contributed by atoms with Crippen LogP contribution >= 0.6 is 0 Å². The number of aromatic amines is 1. The van der Waals surface area contributed by atoms with Gasteiger partial charge in [-0.1, -0.05) is 60.7 Å². The second-order valence-corrected chi connectivity index (χ2v) is 5.11. The van der Waals surface area contributed by atoms with E-state index < -0.39 is 5.97 Å². The van der Waals surface area contributed by atoms with E-state index in [2.05, 4.69) is 9.97 Å². The van der Waals surface area contributed by atoms with Crippen molar-refractivity contribution in [2.24, 2.45) is 0 Å². The van der Waals surface area contributed by atoms with Crippen molar-refractivity contribution in [2.75, 3.05) is 0 Å². The van der Waals surface area contributed by atoms with Crippen LogP contribution in [0.1, 0.15) is 17.0 Å². The quantitative estimate of drug-likeness (QED) is 0.758. The number of benzene rings is 2. The average molecular weight is 292 g/mol. The number of hydrogen-bond acceptors (Lipinski definition) is 2. The number of hydrogen-bond donors (Lipinski definition) is 2. The summed E-state index contributed by atoms with van der Waals surface area (Å²) in [5, 5.41) is 9.08. The van der Waals surface area contributed by atoms with Gasteiger partial charge in [-0.2, -0.15) is 0 Å². The second-order valence-electron chi connectivity index (χ2n) is 5.11. The molecular weight excluding hydrogens is 276 g/mol. The predicted octanol–water partition coefficient (Wildman–Crippen LogP) is 3.29. The summed E-state index contributed by atoms with van der Waals surface area (Å²) in [7, 11) is 0. The highest BCUT2D eigenvalue weighted by molar-refractivity contribution is 5.70. The summed E-state index contributed by atoms with van der Waals surface area (Å²) in [5.41, 5.74) is 3.52. The maximum absolute atomic E-state index is 11.1. The Kier molecular flexibility index (Phi) is 4.01. The van der Waals surface area contributed by atoms with Crippen molar-refractivity contribution in [3.63, 3.8) is 0 Å². The molecule has 0 unspecified atom stereocenters. The van der Waals surface area contributed by atoms with Gasteiger partial charge >= 0.3 is 5.97 Å². The highest BCUT2D eigenvalue weighted by Crippen LogP contribution is 2.20. The maximum atomic E-state index is 11.1. The van der Waals surface area contributed by atoms with Crippen LogP contribution in [-0.4, -0.2) is 21.0 Å². The zero-order valence-electron chi connectivity index (χ0n) is 12.0. The molecule has 4 nitrogen and oxygen atoms in total. The molecule has 0 radical (unpaired) electrons. The topological polar surface area (TPSA) is 66.0 Å². The van der Waals surface area contributed by atoms with Crippen molar-refractivity contribution >= 4 is 5.97 Å². The molecule has 0 saturated heterocycles. The largest absolute Gasteiger partial charge is 0.481 e. The number of aromatic nitrogens is 2. The Labute approximate surface area is 128 Å². The molecule has 0 fully saturated rings. The van der Waals surface area contributed by atoms with Crippen molar-refractivity contribution in [3.8, 4) is 11.4 Å². The third kappa shape index (κ3) is 3.23. The number of imidazole rings is 1. The van der Waals surface area contributed by atoms with Crippen LogP contribution in [0, 0.1) is 0 Å². The molecule has 4 heteroatoms. The van der Waals surface area contributed by atoms with Gasteiger partial charge in [-0.25, -0.2) is 4.98 Å². The summed E-state index contributed by atoms with van der Waals surface area (Å²) in [4.78, 5) is 18.8. The van der Waals surface area contributed by atoms with Crippen molar-refractivity contribution in [1.82, 2.24) is 9.97 Å². The summed E-state index contributed by atoms with van der Waals surface area (Å²) in [6, 6.07) is 19.7. The first kappa shape index (κ1) is 14.1. The number of nitrogens with one attached hydrogen (secondary N) is 1. The lowest BCUT2D eigenvalue weighted by Crippen LogP contribution is -2.04. The van der Waals surface area contributed by atoms with Gasteiger partial charge in [0.1, 0.15) is 5.82 Å². The molecule has 0 atom stereocenters. The first-order chi connectivity index (χ1) is 10.7. The summed E-state index contributed by atoms with van der Waals surface area (Å²) in [5.74, 6) is -0.164. The Morgan fingerprint density at radius 2 is 1.64 bits per heavy atom. The standard InChI is InChI=1S/C18H16N2O2/c21-17(22)12-16-15(11-13-7-3-1-4-8-13)19-18(20-16)14-9-5-2-6-10-14/h1-10H,11-12H2,(H,19,20)(H,21,22). The minimum atomic E-state index is -0.875. The van der Waals surface area contributed by atoms with Crippen molar-refractivity contribution in [1.29, 1.82) is 0 Å². The molecule has 3 aromatic rings. The van der Waals surface area contributed by atoms with E-state index in [0.29, 0.717) is 17.9 Å². The minimum Gasteiger partial charge on any atom is -0.481 e. The molecule has 22 heavy (non-hydrogen) atoms. The van der Waals surface area contributed by atoms with E-state index in [0.717, 1.165) is 16.8 Å². The van der Waals surface area contributed by atoms with Crippen LogP contribution in [-0.2, 0) is 17.6 Å². The Hall–Kier alpha value is -2.88. The molecule has 2 aromatic carbocycles. The lowest BCUT2D eigenvalue weighted by atomic mass is 10.1. The van der Waals surface area contributed by atoms with Gasteiger partial charge in [-0.15, -0.1) is 0 Å². The van der Waals surface area contributed by atoms with E-state index in [9.17, 15) is 4.79 Å². The summed E-state index contributed by atoms with van der Waals surface area (Å²) in [6.07, 6.45) is 0.564. The van der Waals surface area contributed by atoms with Crippen molar-refractivity contribution in [2.45, 2.75) is 12.8 Å². The number of rotatable bonds is 5. The molecule has 110 valence electrons. The summed E-state index contributed by atoms with van der Waals surface area (Å²) >= 11 is 0. The molecule has 1 aromatic heterocycles. The predicted molar refractivity (Wildman–Crippen MR) is 84.6 cm³/mol. The zero-order chi connectivity index (χ0) is 15.4. The first-order valence-corrected chi connectivity index (χ1v) is 7.11. The number of H-pyrrole nitrogens is 1. The number of aliphatic carboxylic acids is 1. The Morgan fingerprint density at radius 3 is 2.27 bits per heavy atom. The van der Waals surface area contributed by atoms with Gasteiger partial charge in [-0.3, -0.25) is 4.79 Å². The molecule has 0 amide bonds. The number of carboxylic acid groups (broad SMARTS) is 1. The van der Waals surface area contributed by atoms with Gasteiger partial charge in [0.25, 0.3) is 0 Å². The molecule has 2 N–H and O–H groups in total. The van der Waals surface area contributed by atoms with Gasteiger partial charge in [-0.05, 0) is 5.56 Å². The second kappa shape index (κ2) is 6.26. The lowest BCUT2D eigenvalue weighted by molar-refractivity contribution is -0.136. The van der Waals surface area contributed by atoms with Gasteiger partial charge < -0.3 is 10.1 Å². The third-order valence-corrected chi connectivity index (χ3v) is 3.45. The van der Waals surface area contributed by atoms with E-state index >= 15 is 0 Å². The average Bonchev–Trinajstić information content (AvgIpc) is 2.91. The molecule has 0 bridgehead atoms. The van der Waals surface area contributed by atoms with Gasteiger partial charge in [0.05, 0.1) is 12.1 Å².